The minimum absolute atomic E-state index is 0.143. The summed E-state index contributed by atoms with van der Waals surface area (Å²) in [6.45, 7) is 0.805. The van der Waals surface area contributed by atoms with Gasteiger partial charge in [-0.3, -0.25) is 4.79 Å². The van der Waals surface area contributed by atoms with Gasteiger partial charge in [-0.25, -0.2) is 4.68 Å². The van der Waals surface area contributed by atoms with Crippen molar-refractivity contribution >= 4 is 29.3 Å². The number of amides is 1. The number of rotatable bonds is 8. The van der Waals surface area contributed by atoms with E-state index in [1.807, 2.05) is 12.1 Å². The van der Waals surface area contributed by atoms with E-state index in [4.69, 9.17) is 16.7 Å². The predicted molar refractivity (Wildman–Crippen MR) is 89.9 cm³/mol. The first-order chi connectivity index (χ1) is 10.7. The fourth-order valence-corrected chi connectivity index (χ4v) is 2.78. The molecule has 0 aliphatic carbocycles. The summed E-state index contributed by atoms with van der Waals surface area (Å²) in [5.74, 6) is 1.59. The molecule has 1 heterocycles. The lowest BCUT2D eigenvalue weighted by molar-refractivity contribution is 0.0956. The molecule has 0 aliphatic heterocycles. The Bertz CT molecular complexity index is 618. The van der Waals surface area contributed by atoms with E-state index in [1.54, 1.807) is 34.8 Å². The molecule has 1 amide bonds. The van der Waals surface area contributed by atoms with Crippen molar-refractivity contribution in [2.45, 2.75) is 6.42 Å². The van der Waals surface area contributed by atoms with Gasteiger partial charge in [0.1, 0.15) is 0 Å². The molecule has 0 fully saturated rings. The van der Waals surface area contributed by atoms with Crippen molar-refractivity contribution in [3.63, 3.8) is 0 Å². The summed E-state index contributed by atoms with van der Waals surface area (Å²) in [6, 6.07) is 7.28. The number of halogens is 1. The van der Waals surface area contributed by atoms with Gasteiger partial charge in [0.05, 0.1) is 17.4 Å². The Morgan fingerprint density at radius 2 is 2.27 bits per heavy atom. The molecule has 0 spiro atoms. The van der Waals surface area contributed by atoms with E-state index in [0.29, 0.717) is 17.1 Å². The number of nitrogens with one attached hydrogen (secondary N) is 1. The highest BCUT2D eigenvalue weighted by Gasteiger charge is 2.09. The number of hydrogen-bond donors (Lipinski definition) is 2. The monoisotopic (exact) mass is 339 g/mol. The molecule has 1 aromatic carbocycles. The van der Waals surface area contributed by atoms with E-state index in [1.165, 1.54) is 6.20 Å². The normalized spacial score (nSPS) is 10.6. The largest absolute Gasteiger partial charge is 0.396 e. The summed E-state index contributed by atoms with van der Waals surface area (Å²) >= 11 is 7.65. The Morgan fingerprint density at radius 1 is 1.41 bits per heavy atom. The summed E-state index contributed by atoms with van der Waals surface area (Å²) in [6.07, 6.45) is 4.00. The van der Waals surface area contributed by atoms with Crippen LogP contribution in [0.4, 0.5) is 0 Å². The fraction of sp³-hybridized carbons (Fsp3) is 0.333. The molecule has 0 saturated heterocycles. The van der Waals surface area contributed by atoms with Crippen LogP contribution < -0.4 is 5.32 Å². The molecule has 0 aliphatic rings. The second kappa shape index (κ2) is 8.82. The summed E-state index contributed by atoms with van der Waals surface area (Å²) < 4.78 is 1.62. The summed E-state index contributed by atoms with van der Waals surface area (Å²) in [5, 5.41) is 16.3. The van der Waals surface area contributed by atoms with Crippen LogP contribution in [0.5, 0.6) is 0 Å². The molecule has 0 unspecified atom stereocenters. The van der Waals surface area contributed by atoms with Gasteiger partial charge < -0.3 is 10.4 Å². The zero-order valence-corrected chi connectivity index (χ0v) is 13.6. The number of carbonyl (C=O) groups is 1. The lowest BCUT2D eigenvalue weighted by Gasteiger charge is -2.03. The van der Waals surface area contributed by atoms with Gasteiger partial charge in [-0.05, 0) is 30.4 Å². The molecule has 118 valence electrons. The Kier molecular flexibility index (Phi) is 6.76. The third kappa shape index (κ3) is 5.05. The Morgan fingerprint density at radius 3 is 3.05 bits per heavy atom. The molecule has 7 heteroatoms. The van der Waals surface area contributed by atoms with Crippen LogP contribution in [0.15, 0.2) is 36.7 Å². The number of thioether (sulfide) groups is 1. The summed E-state index contributed by atoms with van der Waals surface area (Å²) in [7, 11) is 0. The summed E-state index contributed by atoms with van der Waals surface area (Å²) in [4.78, 5) is 12.0. The summed E-state index contributed by atoms with van der Waals surface area (Å²) in [5.41, 5.74) is 1.33. The molecule has 0 saturated carbocycles. The van der Waals surface area contributed by atoms with Crippen molar-refractivity contribution in [1.29, 1.82) is 0 Å². The van der Waals surface area contributed by atoms with Gasteiger partial charge in [-0.2, -0.15) is 16.9 Å². The van der Waals surface area contributed by atoms with Gasteiger partial charge in [-0.15, -0.1) is 0 Å². The van der Waals surface area contributed by atoms with E-state index in [9.17, 15) is 4.79 Å². The SMILES string of the molecule is O=C(NCCSCCCO)c1cnn(-c2cccc(Cl)c2)c1. The van der Waals surface area contributed by atoms with Crippen LogP contribution in [0.25, 0.3) is 5.69 Å². The number of nitrogens with zero attached hydrogens (tertiary/aromatic N) is 2. The molecule has 0 atom stereocenters. The highest BCUT2D eigenvalue weighted by molar-refractivity contribution is 7.99. The number of benzene rings is 1. The first kappa shape index (κ1) is 16.9. The third-order valence-electron chi connectivity index (χ3n) is 2.90. The van der Waals surface area contributed by atoms with Crippen molar-refractivity contribution in [3.8, 4) is 5.69 Å². The number of aliphatic hydroxyl groups excluding tert-OH is 1. The van der Waals surface area contributed by atoms with Gasteiger partial charge in [0.25, 0.3) is 5.91 Å². The zero-order chi connectivity index (χ0) is 15.8. The quantitative estimate of drug-likeness (QED) is 0.725. The molecule has 0 bridgehead atoms. The van der Waals surface area contributed by atoms with Crippen LogP contribution >= 0.6 is 23.4 Å². The minimum atomic E-state index is -0.143. The maximum Gasteiger partial charge on any atom is 0.254 e. The van der Waals surface area contributed by atoms with Crippen molar-refractivity contribution in [2.75, 3.05) is 24.7 Å². The van der Waals surface area contributed by atoms with E-state index in [-0.39, 0.29) is 12.5 Å². The number of carbonyl (C=O) groups excluding carboxylic acids is 1. The second-order valence-corrected chi connectivity index (χ2v) is 6.26. The van der Waals surface area contributed by atoms with E-state index in [2.05, 4.69) is 10.4 Å². The van der Waals surface area contributed by atoms with E-state index >= 15 is 0 Å². The van der Waals surface area contributed by atoms with Crippen molar-refractivity contribution in [1.82, 2.24) is 15.1 Å². The number of aliphatic hydroxyl groups is 1. The number of aromatic nitrogens is 2. The van der Waals surface area contributed by atoms with Gasteiger partial charge >= 0.3 is 0 Å². The van der Waals surface area contributed by atoms with E-state index in [0.717, 1.165) is 23.6 Å². The average molecular weight is 340 g/mol. The maximum absolute atomic E-state index is 12.0. The first-order valence-electron chi connectivity index (χ1n) is 6.98. The molecule has 0 radical (unpaired) electrons. The highest BCUT2D eigenvalue weighted by Crippen LogP contribution is 2.14. The average Bonchev–Trinajstić information content (AvgIpc) is 3.00. The Balaban J connectivity index is 1.84. The van der Waals surface area contributed by atoms with Gasteiger partial charge in [0, 0.05) is 30.1 Å². The van der Waals surface area contributed by atoms with Crippen molar-refractivity contribution in [2.24, 2.45) is 0 Å². The Labute approximate surface area is 138 Å². The Hall–Kier alpha value is -1.50. The van der Waals surface area contributed by atoms with Crippen LogP contribution in [-0.2, 0) is 0 Å². The van der Waals surface area contributed by atoms with Gasteiger partial charge in [-0.1, -0.05) is 17.7 Å². The van der Waals surface area contributed by atoms with Gasteiger partial charge in [0.15, 0.2) is 0 Å². The molecular formula is C15H18ClN3O2S. The van der Waals surface area contributed by atoms with Crippen LogP contribution in [0.2, 0.25) is 5.02 Å². The predicted octanol–water partition coefficient (Wildman–Crippen LogP) is 2.37. The van der Waals surface area contributed by atoms with Gasteiger partial charge in [0.2, 0.25) is 0 Å². The molecule has 22 heavy (non-hydrogen) atoms. The van der Waals surface area contributed by atoms with Crippen molar-refractivity contribution < 1.29 is 9.90 Å². The van der Waals surface area contributed by atoms with Crippen LogP contribution in [0.1, 0.15) is 16.8 Å². The lowest BCUT2D eigenvalue weighted by atomic mass is 10.3. The van der Waals surface area contributed by atoms with Crippen LogP contribution in [0.3, 0.4) is 0 Å². The zero-order valence-electron chi connectivity index (χ0n) is 12.0. The fourth-order valence-electron chi connectivity index (χ4n) is 1.81. The highest BCUT2D eigenvalue weighted by atomic mass is 35.5. The first-order valence-corrected chi connectivity index (χ1v) is 8.51. The topological polar surface area (TPSA) is 67.2 Å². The molecular weight excluding hydrogens is 322 g/mol. The molecule has 5 nitrogen and oxygen atoms in total. The second-order valence-electron chi connectivity index (χ2n) is 4.60. The molecule has 1 aromatic heterocycles. The smallest absolute Gasteiger partial charge is 0.254 e. The van der Waals surface area contributed by atoms with Crippen molar-refractivity contribution in [3.05, 3.63) is 47.2 Å². The molecule has 2 rings (SSSR count). The molecule has 2 N–H and O–H groups in total. The third-order valence-corrected chi connectivity index (χ3v) is 4.20. The standard InChI is InChI=1S/C15H18ClN3O2S/c16-13-3-1-4-14(9-13)19-11-12(10-18-19)15(21)17-5-8-22-7-2-6-20/h1,3-4,9-11,20H,2,5-8H2,(H,17,21). The number of hydrogen-bond acceptors (Lipinski definition) is 4. The van der Waals surface area contributed by atoms with Crippen LogP contribution in [-0.4, -0.2) is 45.5 Å². The van der Waals surface area contributed by atoms with Crippen LogP contribution in [0, 0.1) is 0 Å². The minimum Gasteiger partial charge on any atom is -0.396 e. The van der Waals surface area contributed by atoms with E-state index < -0.39 is 0 Å². The lowest BCUT2D eigenvalue weighted by Crippen LogP contribution is -2.25. The molecule has 2 aromatic rings. The maximum atomic E-state index is 12.0.